The van der Waals surface area contributed by atoms with Crippen LogP contribution in [0.15, 0.2) is 35.4 Å². The van der Waals surface area contributed by atoms with Gasteiger partial charge in [-0.2, -0.15) is 0 Å². The summed E-state index contributed by atoms with van der Waals surface area (Å²) in [6.07, 6.45) is 1.84. The second-order valence-corrected chi connectivity index (χ2v) is 7.01. The van der Waals surface area contributed by atoms with E-state index in [-0.39, 0.29) is 23.5 Å². The third-order valence-electron chi connectivity index (χ3n) is 5.37. The number of ketones is 1. The number of rotatable bonds is 2. The second-order valence-electron chi connectivity index (χ2n) is 7.01. The average molecular weight is 309 g/mol. The Hall–Kier alpha value is -2.23. The van der Waals surface area contributed by atoms with Gasteiger partial charge in [0.15, 0.2) is 0 Å². The van der Waals surface area contributed by atoms with Gasteiger partial charge in [0, 0.05) is 17.9 Å². The Kier molecular flexibility index (Phi) is 3.05. The maximum atomic E-state index is 12.9. The van der Waals surface area contributed by atoms with Crippen molar-refractivity contribution in [3.63, 3.8) is 0 Å². The van der Waals surface area contributed by atoms with Crippen LogP contribution in [0.4, 0.5) is 5.69 Å². The monoisotopic (exact) mass is 309 g/mol. The number of allylic oxidation sites excluding steroid dienone is 1. The number of fused-ring (bicyclic) bond motifs is 2. The maximum absolute atomic E-state index is 12.9. The van der Waals surface area contributed by atoms with Crippen molar-refractivity contribution in [2.45, 2.75) is 39.0 Å². The number of Topliss-reactive ketones (excluding diaryl/α,β-unsaturated/α-hetero) is 1. The van der Waals surface area contributed by atoms with Gasteiger partial charge in [-0.1, -0.05) is 31.6 Å². The van der Waals surface area contributed by atoms with Crippen molar-refractivity contribution in [3.8, 4) is 0 Å². The van der Waals surface area contributed by atoms with E-state index >= 15 is 0 Å². The van der Waals surface area contributed by atoms with Gasteiger partial charge in [-0.15, -0.1) is 0 Å². The SMILES string of the molecule is CC(C)c1cccc(N2C(=O)C3=C4CCC(C(=O)C4)C3C2=O)c1. The third kappa shape index (κ3) is 1.94. The molecule has 1 aliphatic heterocycles. The standard InChI is InChI=1S/C19H19NO3/c1-10(2)11-4-3-5-13(8-11)20-18(22)16-12-6-7-14(15(21)9-12)17(16)19(20)23/h3-5,8,10,14,17H,6-7,9H2,1-2H3. The summed E-state index contributed by atoms with van der Waals surface area (Å²) in [5, 5.41) is 0. The highest BCUT2D eigenvalue weighted by Crippen LogP contribution is 2.48. The van der Waals surface area contributed by atoms with Crippen molar-refractivity contribution in [1.29, 1.82) is 0 Å². The van der Waals surface area contributed by atoms with E-state index in [0.717, 1.165) is 17.6 Å². The summed E-state index contributed by atoms with van der Waals surface area (Å²) in [7, 11) is 0. The molecule has 1 saturated heterocycles. The molecular formula is C19H19NO3. The molecule has 2 bridgehead atoms. The van der Waals surface area contributed by atoms with Crippen molar-refractivity contribution < 1.29 is 14.4 Å². The van der Waals surface area contributed by atoms with E-state index in [2.05, 4.69) is 13.8 Å². The van der Waals surface area contributed by atoms with Gasteiger partial charge in [-0.05, 0) is 36.5 Å². The minimum atomic E-state index is -0.532. The molecule has 0 N–H and O–H groups in total. The lowest BCUT2D eigenvalue weighted by Crippen LogP contribution is -2.38. The molecular weight excluding hydrogens is 290 g/mol. The van der Waals surface area contributed by atoms with Crippen molar-refractivity contribution in [3.05, 3.63) is 41.0 Å². The normalized spacial score (nSPS) is 26.6. The summed E-state index contributed by atoms with van der Waals surface area (Å²) in [6.45, 7) is 4.16. The van der Waals surface area contributed by atoms with Crippen LogP contribution >= 0.6 is 0 Å². The lowest BCUT2D eigenvalue weighted by atomic mass is 9.67. The first-order valence-electron chi connectivity index (χ1n) is 8.22. The number of imide groups is 1. The molecule has 1 aromatic carbocycles. The van der Waals surface area contributed by atoms with Gasteiger partial charge in [0.2, 0.25) is 5.91 Å². The summed E-state index contributed by atoms with van der Waals surface area (Å²) in [6, 6.07) is 7.59. The fraction of sp³-hybridized carbons (Fsp3) is 0.421. The molecule has 1 aromatic rings. The Morgan fingerprint density at radius 1 is 1.17 bits per heavy atom. The van der Waals surface area contributed by atoms with E-state index in [1.54, 1.807) is 6.07 Å². The zero-order valence-corrected chi connectivity index (χ0v) is 13.3. The summed E-state index contributed by atoms with van der Waals surface area (Å²) >= 11 is 0. The second kappa shape index (κ2) is 4.88. The lowest BCUT2D eigenvalue weighted by Gasteiger charge is -2.33. The predicted molar refractivity (Wildman–Crippen MR) is 85.9 cm³/mol. The Morgan fingerprint density at radius 2 is 1.96 bits per heavy atom. The van der Waals surface area contributed by atoms with Gasteiger partial charge in [0.05, 0.1) is 11.6 Å². The van der Waals surface area contributed by atoms with Crippen LogP contribution in [0.1, 0.15) is 44.6 Å². The Labute approximate surface area is 135 Å². The van der Waals surface area contributed by atoms with Crippen LogP contribution in [0.3, 0.4) is 0 Å². The minimum absolute atomic E-state index is 0.124. The fourth-order valence-corrected chi connectivity index (χ4v) is 4.13. The van der Waals surface area contributed by atoms with Crippen LogP contribution in [-0.2, 0) is 14.4 Å². The van der Waals surface area contributed by atoms with Crippen LogP contribution in [0.2, 0.25) is 0 Å². The number of hydrogen-bond acceptors (Lipinski definition) is 3. The van der Waals surface area contributed by atoms with Crippen LogP contribution < -0.4 is 4.90 Å². The first-order valence-corrected chi connectivity index (χ1v) is 8.22. The molecule has 4 aliphatic rings. The molecule has 3 aliphatic carbocycles. The molecule has 2 amide bonds. The summed E-state index contributed by atoms with van der Waals surface area (Å²) in [5.41, 5.74) is 3.22. The predicted octanol–water partition coefficient (Wildman–Crippen LogP) is 2.98. The van der Waals surface area contributed by atoms with E-state index in [1.807, 2.05) is 18.2 Å². The highest BCUT2D eigenvalue weighted by molar-refractivity contribution is 6.31. The van der Waals surface area contributed by atoms with Gasteiger partial charge >= 0.3 is 0 Å². The topological polar surface area (TPSA) is 54.5 Å². The van der Waals surface area contributed by atoms with Crippen molar-refractivity contribution in [2.24, 2.45) is 11.8 Å². The van der Waals surface area contributed by atoms with E-state index < -0.39 is 5.92 Å². The Bertz CT molecular complexity index is 775. The fourth-order valence-electron chi connectivity index (χ4n) is 4.13. The number of carbonyl (C=O) groups excluding carboxylic acids is 3. The molecule has 2 atom stereocenters. The van der Waals surface area contributed by atoms with E-state index in [0.29, 0.717) is 30.0 Å². The van der Waals surface area contributed by atoms with Crippen molar-refractivity contribution in [2.75, 3.05) is 4.90 Å². The number of anilines is 1. The average Bonchev–Trinajstić information content (AvgIpc) is 2.81. The summed E-state index contributed by atoms with van der Waals surface area (Å²) < 4.78 is 0. The molecule has 118 valence electrons. The third-order valence-corrected chi connectivity index (χ3v) is 5.37. The molecule has 0 aromatic heterocycles. The number of amides is 2. The van der Waals surface area contributed by atoms with E-state index in [1.165, 1.54) is 4.90 Å². The van der Waals surface area contributed by atoms with Gasteiger partial charge in [-0.3, -0.25) is 14.4 Å². The first kappa shape index (κ1) is 14.4. The molecule has 2 unspecified atom stereocenters. The van der Waals surface area contributed by atoms with Gasteiger partial charge in [-0.25, -0.2) is 4.90 Å². The molecule has 4 heteroatoms. The maximum Gasteiger partial charge on any atom is 0.261 e. The molecule has 0 spiro atoms. The Balaban J connectivity index is 1.80. The van der Waals surface area contributed by atoms with E-state index in [9.17, 15) is 14.4 Å². The minimum Gasteiger partial charge on any atom is -0.299 e. The largest absolute Gasteiger partial charge is 0.299 e. The zero-order valence-electron chi connectivity index (χ0n) is 13.3. The molecule has 0 radical (unpaired) electrons. The van der Waals surface area contributed by atoms with E-state index in [4.69, 9.17) is 0 Å². The van der Waals surface area contributed by atoms with Gasteiger partial charge < -0.3 is 0 Å². The quantitative estimate of drug-likeness (QED) is 0.789. The zero-order chi connectivity index (χ0) is 16.3. The summed E-state index contributed by atoms with van der Waals surface area (Å²) in [5.74, 6) is -0.814. The lowest BCUT2D eigenvalue weighted by molar-refractivity contribution is -0.131. The molecule has 5 rings (SSSR count). The first-order chi connectivity index (χ1) is 11.0. The number of carbonyl (C=O) groups is 3. The van der Waals surface area contributed by atoms with Crippen molar-refractivity contribution >= 4 is 23.3 Å². The Morgan fingerprint density at radius 3 is 2.65 bits per heavy atom. The number of benzene rings is 1. The molecule has 2 fully saturated rings. The molecule has 1 saturated carbocycles. The molecule has 4 nitrogen and oxygen atoms in total. The van der Waals surface area contributed by atoms with Gasteiger partial charge in [0.1, 0.15) is 5.78 Å². The van der Waals surface area contributed by atoms with Crippen LogP contribution in [0.5, 0.6) is 0 Å². The van der Waals surface area contributed by atoms with Gasteiger partial charge in [0.25, 0.3) is 5.91 Å². The van der Waals surface area contributed by atoms with Crippen molar-refractivity contribution in [1.82, 2.24) is 0 Å². The summed E-state index contributed by atoms with van der Waals surface area (Å²) in [4.78, 5) is 39.2. The number of nitrogens with zero attached hydrogens (tertiary/aromatic N) is 1. The highest BCUT2D eigenvalue weighted by atomic mass is 16.2. The molecule has 1 heterocycles. The van der Waals surface area contributed by atoms with Crippen LogP contribution in [-0.4, -0.2) is 17.6 Å². The smallest absolute Gasteiger partial charge is 0.261 e. The van der Waals surface area contributed by atoms with Crippen LogP contribution in [0.25, 0.3) is 0 Å². The highest BCUT2D eigenvalue weighted by Gasteiger charge is 2.55. The number of hydrogen-bond donors (Lipinski definition) is 0. The molecule has 23 heavy (non-hydrogen) atoms. The van der Waals surface area contributed by atoms with Crippen LogP contribution in [0, 0.1) is 11.8 Å².